The van der Waals surface area contributed by atoms with Gasteiger partial charge in [0.2, 0.25) is 0 Å². The number of hydrogen-bond donors (Lipinski definition) is 1. The predicted octanol–water partition coefficient (Wildman–Crippen LogP) is 3.27. The highest BCUT2D eigenvalue weighted by molar-refractivity contribution is 6.53. The van der Waals surface area contributed by atoms with E-state index >= 15 is 0 Å². The quantitative estimate of drug-likeness (QED) is 0.863. The molecule has 0 saturated carbocycles. The monoisotopic (exact) mass is 346 g/mol. The van der Waals surface area contributed by atoms with Crippen LogP contribution in [-0.4, -0.2) is 18.9 Å². The second-order valence-electron chi connectivity index (χ2n) is 4.97. The Morgan fingerprint density at radius 2 is 1.79 bits per heavy atom. The van der Waals surface area contributed by atoms with Crippen molar-refractivity contribution in [1.29, 1.82) is 0 Å². The summed E-state index contributed by atoms with van der Waals surface area (Å²) in [6.45, 7) is 0. The third-order valence-corrected chi connectivity index (χ3v) is 3.80. The Bertz CT molecular complexity index is 849. The molecule has 3 rings (SSSR count). The van der Waals surface area contributed by atoms with E-state index in [9.17, 15) is 14.0 Å². The molecule has 0 bridgehead atoms. The van der Waals surface area contributed by atoms with E-state index in [2.05, 4.69) is 5.32 Å². The summed E-state index contributed by atoms with van der Waals surface area (Å²) in [6, 6.07) is 11.9. The van der Waals surface area contributed by atoms with E-state index in [-0.39, 0.29) is 10.7 Å². The number of methoxy groups -OCH3 is 1. The second kappa shape index (κ2) is 6.33. The molecule has 122 valence electrons. The molecule has 5 nitrogen and oxygen atoms in total. The molecule has 2 aromatic carbocycles. The van der Waals surface area contributed by atoms with Crippen LogP contribution in [0.25, 0.3) is 0 Å². The van der Waals surface area contributed by atoms with Crippen LogP contribution in [0.2, 0.25) is 0 Å². The van der Waals surface area contributed by atoms with Crippen molar-refractivity contribution in [2.75, 3.05) is 17.3 Å². The molecule has 0 spiro atoms. The molecule has 1 aliphatic rings. The van der Waals surface area contributed by atoms with Crippen molar-refractivity contribution in [3.05, 3.63) is 65.1 Å². The summed E-state index contributed by atoms with van der Waals surface area (Å²) in [6.07, 6.45) is 0. The fraction of sp³-hybridized carbons (Fsp3) is 0.0588. The zero-order chi connectivity index (χ0) is 17.3. The van der Waals surface area contributed by atoms with Gasteiger partial charge >= 0.3 is 0 Å². The van der Waals surface area contributed by atoms with Crippen LogP contribution in [0.15, 0.2) is 59.3 Å². The van der Waals surface area contributed by atoms with Crippen molar-refractivity contribution in [2.24, 2.45) is 0 Å². The highest BCUT2D eigenvalue weighted by atomic mass is 35.5. The molecule has 0 unspecified atom stereocenters. The summed E-state index contributed by atoms with van der Waals surface area (Å²) in [4.78, 5) is 25.9. The Kier molecular flexibility index (Phi) is 4.22. The molecule has 0 atom stereocenters. The van der Waals surface area contributed by atoms with Gasteiger partial charge < -0.3 is 10.1 Å². The summed E-state index contributed by atoms with van der Waals surface area (Å²) in [5.74, 6) is -1.14. The molecule has 24 heavy (non-hydrogen) atoms. The second-order valence-corrected chi connectivity index (χ2v) is 5.35. The third-order valence-electron chi connectivity index (χ3n) is 3.45. The van der Waals surface area contributed by atoms with Crippen molar-refractivity contribution in [2.45, 2.75) is 0 Å². The number of halogens is 2. The Morgan fingerprint density at radius 3 is 2.46 bits per heavy atom. The average Bonchev–Trinajstić information content (AvgIpc) is 2.80. The lowest BCUT2D eigenvalue weighted by Crippen LogP contribution is -2.32. The first kappa shape index (κ1) is 16.0. The van der Waals surface area contributed by atoms with E-state index in [4.69, 9.17) is 16.3 Å². The van der Waals surface area contributed by atoms with E-state index in [1.807, 2.05) is 0 Å². The number of ether oxygens (including phenoxy) is 1. The van der Waals surface area contributed by atoms with Gasteiger partial charge in [0.15, 0.2) is 0 Å². The minimum absolute atomic E-state index is 0.0592. The number of amides is 2. The van der Waals surface area contributed by atoms with Crippen LogP contribution >= 0.6 is 11.6 Å². The average molecular weight is 347 g/mol. The standard InChI is InChI=1S/C17H12ClFN2O3/c1-24-13-4-2-3-12(9-13)21-16(22)14(18)15(17(21)23)20-11-7-5-10(19)6-8-11/h2-9,20H,1H3. The van der Waals surface area contributed by atoms with Gasteiger partial charge in [-0.3, -0.25) is 9.59 Å². The van der Waals surface area contributed by atoms with E-state index in [1.165, 1.54) is 31.4 Å². The minimum atomic E-state index is -0.639. The summed E-state index contributed by atoms with van der Waals surface area (Å²) < 4.78 is 18.1. The van der Waals surface area contributed by atoms with Gasteiger partial charge in [0.05, 0.1) is 12.8 Å². The topological polar surface area (TPSA) is 58.6 Å². The van der Waals surface area contributed by atoms with E-state index in [0.717, 1.165) is 4.90 Å². The first-order chi connectivity index (χ1) is 11.5. The molecule has 1 aliphatic heterocycles. The number of rotatable bonds is 4. The Hall–Kier alpha value is -2.86. The molecule has 1 N–H and O–H groups in total. The zero-order valence-electron chi connectivity index (χ0n) is 12.5. The Labute approximate surface area is 142 Å². The highest BCUT2D eigenvalue weighted by Gasteiger charge is 2.39. The van der Waals surface area contributed by atoms with Gasteiger partial charge in [0, 0.05) is 11.8 Å². The van der Waals surface area contributed by atoms with Crippen molar-refractivity contribution >= 4 is 34.8 Å². The smallest absolute Gasteiger partial charge is 0.283 e. The van der Waals surface area contributed by atoms with Gasteiger partial charge in [-0.2, -0.15) is 0 Å². The number of anilines is 2. The fourth-order valence-corrected chi connectivity index (χ4v) is 2.49. The number of nitrogens with zero attached hydrogens (tertiary/aromatic N) is 1. The van der Waals surface area contributed by atoms with Gasteiger partial charge in [0.25, 0.3) is 11.8 Å². The summed E-state index contributed by atoms with van der Waals surface area (Å²) in [5.41, 5.74) is 0.729. The van der Waals surface area contributed by atoms with Gasteiger partial charge in [0.1, 0.15) is 22.3 Å². The summed E-state index contributed by atoms with van der Waals surface area (Å²) >= 11 is 6.02. The Morgan fingerprint density at radius 1 is 1.08 bits per heavy atom. The molecule has 7 heteroatoms. The van der Waals surface area contributed by atoms with E-state index in [1.54, 1.807) is 24.3 Å². The predicted molar refractivity (Wildman–Crippen MR) is 88.4 cm³/mol. The lowest BCUT2D eigenvalue weighted by molar-refractivity contribution is -0.120. The third kappa shape index (κ3) is 2.83. The maximum Gasteiger partial charge on any atom is 0.283 e. The molecule has 0 saturated heterocycles. The molecule has 1 heterocycles. The molecule has 0 aliphatic carbocycles. The van der Waals surface area contributed by atoms with E-state index in [0.29, 0.717) is 17.1 Å². The molecule has 0 aromatic heterocycles. The number of carbonyl (C=O) groups is 2. The largest absolute Gasteiger partial charge is 0.497 e. The van der Waals surface area contributed by atoms with Crippen molar-refractivity contribution in [3.63, 3.8) is 0 Å². The molecule has 2 amide bonds. The zero-order valence-corrected chi connectivity index (χ0v) is 13.3. The van der Waals surface area contributed by atoms with Crippen LogP contribution in [0.1, 0.15) is 0 Å². The van der Waals surface area contributed by atoms with Gasteiger partial charge in [-0.15, -0.1) is 0 Å². The number of carbonyl (C=O) groups excluding carboxylic acids is 2. The van der Waals surface area contributed by atoms with Gasteiger partial charge in [-0.05, 0) is 36.4 Å². The van der Waals surface area contributed by atoms with Gasteiger partial charge in [-0.1, -0.05) is 17.7 Å². The van der Waals surface area contributed by atoms with E-state index < -0.39 is 17.6 Å². The van der Waals surface area contributed by atoms with Crippen molar-refractivity contribution < 1.29 is 18.7 Å². The molecule has 2 aromatic rings. The van der Waals surface area contributed by atoms with Crippen molar-refractivity contribution in [3.8, 4) is 5.75 Å². The number of nitrogens with one attached hydrogen (secondary N) is 1. The molecular formula is C17H12ClFN2O3. The van der Waals surface area contributed by atoms with Crippen LogP contribution in [0.5, 0.6) is 5.75 Å². The van der Waals surface area contributed by atoms with Crippen LogP contribution in [0.3, 0.4) is 0 Å². The number of imide groups is 1. The van der Waals surface area contributed by atoms with Crippen LogP contribution < -0.4 is 15.0 Å². The Balaban J connectivity index is 1.91. The SMILES string of the molecule is COc1cccc(N2C(=O)C(Cl)=C(Nc3ccc(F)cc3)C2=O)c1. The van der Waals surface area contributed by atoms with Gasteiger partial charge in [-0.25, -0.2) is 9.29 Å². The number of benzene rings is 2. The lowest BCUT2D eigenvalue weighted by Gasteiger charge is -2.15. The maximum absolute atomic E-state index is 13.0. The summed E-state index contributed by atoms with van der Waals surface area (Å²) in [7, 11) is 1.49. The van der Waals surface area contributed by atoms with Crippen LogP contribution in [0, 0.1) is 5.82 Å². The normalized spacial score (nSPS) is 14.4. The minimum Gasteiger partial charge on any atom is -0.497 e. The van der Waals surface area contributed by atoms with Crippen LogP contribution in [0.4, 0.5) is 15.8 Å². The lowest BCUT2D eigenvalue weighted by atomic mass is 10.2. The molecule has 0 fully saturated rings. The first-order valence-electron chi connectivity index (χ1n) is 6.96. The van der Waals surface area contributed by atoms with Crippen LogP contribution in [-0.2, 0) is 9.59 Å². The first-order valence-corrected chi connectivity index (χ1v) is 7.34. The van der Waals surface area contributed by atoms with Crippen molar-refractivity contribution in [1.82, 2.24) is 0 Å². The molecular weight excluding hydrogens is 335 g/mol. The maximum atomic E-state index is 13.0. The highest BCUT2D eigenvalue weighted by Crippen LogP contribution is 2.31. The number of hydrogen-bond acceptors (Lipinski definition) is 4. The summed E-state index contributed by atoms with van der Waals surface area (Å²) in [5, 5.41) is 2.53. The fourth-order valence-electron chi connectivity index (χ4n) is 2.27. The molecule has 0 radical (unpaired) electrons.